The molecule has 0 aromatic heterocycles. The van der Waals surface area contributed by atoms with Gasteiger partial charge in [-0.3, -0.25) is 4.99 Å². The van der Waals surface area contributed by atoms with Crippen molar-refractivity contribution in [2.24, 2.45) is 4.99 Å². The molecule has 2 aliphatic heterocycles. The van der Waals surface area contributed by atoms with Gasteiger partial charge in [0.15, 0.2) is 5.76 Å². The van der Waals surface area contributed by atoms with Crippen molar-refractivity contribution in [1.29, 1.82) is 0 Å². The number of carbonyl (C=O) groups excluding carboxylic acids is 1. The SMILES string of the molecule is O=C1O/C(=C2\C=CC=N2)c2ccccc21. The van der Waals surface area contributed by atoms with Gasteiger partial charge in [0.05, 0.1) is 5.56 Å². The van der Waals surface area contributed by atoms with E-state index in [4.69, 9.17) is 4.74 Å². The molecule has 15 heavy (non-hydrogen) atoms. The fourth-order valence-corrected chi connectivity index (χ4v) is 1.69. The van der Waals surface area contributed by atoms with E-state index in [2.05, 4.69) is 4.99 Å². The molecule has 0 fully saturated rings. The summed E-state index contributed by atoms with van der Waals surface area (Å²) in [6, 6.07) is 7.32. The monoisotopic (exact) mass is 197 g/mol. The lowest BCUT2D eigenvalue weighted by Crippen LogP contribution is -1.92. The van der Waals surface area contributed by atoms with Gasteiger partial charge in [0, 0.05) is 11.8 Å². The average molecular weight is 197 g/mol. The van der Waals surface area contributed by atoms with Crippen molar-refractivity contribution in [2.75, 3.05) is 0 Å². The second-order valence-corrected chi connectivity index (χ2v) is 3.29. The lowest BCUT2D eigenvalue weighted by molar-refractivity contribution is 0.0714. The van der Waals surface area contributed by atoms with E-state index in [0.29, 0.717) is 17.0 Å². The Hall–Kier alpha value is -2.16. The zero-order valence-corrected chi connectivity index (χ0v) is 7.81. The summed E-state index contributed by atoms with van der Waals surface area (Å²) in [5.74, 6) is 0.254. The minimum atomic E-state index is -0.302. The average Bonchev–Trinajstić information content (AvgIpc) is 2.87. The summed E-state index contributed by atoms with van der Waals surface area (Å²) in [5, 5.41) is 0. The van der Waals surface area contributed by atoms with E-state index in [1.165, 1.54) is 0 Å². The Labute approximate surface area is 86.4 Å². The van der Waals surface area contributed by atoms with Crippen LogP contribution in [0, 0.1) is 0 Å². The van der Waals surface area contributed by atoms with E-state index in [1.807, 2.05) is 30.4 Å². The predicted octanol–water partition coefficient (Wildman–Crippen LogP) is 2.17. The van der Waals surface area contributed by atoms with Crippen molar-refractivity contribution < 1.29 is 9.53 Å². The molecule has 0 amide bonds. The molecule has 0 aliphatic carbocycles. The van der Waals surface area contributed by atoms with E-state index in [0.717, 1.165) is 5.56 Å². The molecule has 3 nitrogen and oxygen atoms in total. The molecular weight excluding hydrogens is 190 g/mol. The molecule has 0 N–H and O–H groups in total. The number of esters is 1. The lowest BCUT2D eigenvalue weighted by Gasteiger charge is -1.98. The largest absolute Gasteiger partial charge is 0.420 e. The topological polar surface area (TPSA) is 38.7 Å². The number of rotatable bonds is 0. The van der Waals surface area contributed by atoms with E-state index in [9.17, 15) is 4.79 Å². The summed E-state index contributed by atoms with van der Waals surface area (Å²) in [7, 11) is 0. The fraction of sp³-hybridized carbons (Fsp3) is 0. The molecule has 1 aromatic carbocycles. The van der Waals surface area contributed by atoms with Crippen LogP contribution in [0.25, 0.3) is 5.76 Å². The van der Waals surface area contributed by atoms with Gasteiger partial charge in [-0.25, -0.2) is 4.79 Å². The number of fused-ring (bicyclic) bond motifs is 1. The minimum absolute atomic E-state index is 0.302. The summed E-state index contributed by atoms with van der Waals surface area (Å²) in [6.45, 7) is 0. The van der Waals surface area contributed by atoms with Crippen molar-refractivity contribution in [3.8, 4) is 0 Å². The number of allylic oxidation sites excluding steroid dienone is 2. The summed E-state index contributed by atoms with van der Waals surface area (Å²) in [6.07, 6.45) is 5.32. The zero-order valence-electron chi connectivity index (χ0n) is 7.81. The second-order valence-electron chi connectivity index (χ2n) is 3.29. The smallest absolute Gasteiger partial charge is 0.344 e. The molecular formula is C12H7NO2. The van der Waals surface area contributed by atoms with Crippen LogP contribution in [0.2, 0.25) is 0 Å². The molecule has 2 aliphatic rings. The first-order valence-corrected chi connectivity index (χ1v) is 4.63. The molecule has 0 spiro atoms. The molecule has 1 aromatic rings. The summed E-state index contributed by atoms with van der Waals surface area (Å²) in [5.41, 5.74) is 2.13. The molecule has 72 valence electrons. The maximum Gasteiger partial charge on any atom is 0.344 e. The van der Waals surface area contributed by atoms with E-state index in [1.54, 1.807) is 12.3 Å². The Balaban J connectivity index is 2.25. The highest BCUT2D eigenvalue weighted by Gasteiger charge is 2.28. The number of aliphatic imine (C=N–C) groups is 1. The van der Waals surface area contributed by atoms with Crippen LogP contribution in [0.3, 0.4) is 0 Å². The first-order chi connectivity index (χ1) is 7.36. The van der Waals surface area contributed by atoms with Crippen LogP contribution < -0.4 is 0 Å². The zero-order chi connectivity index (χ0) is 10.3. The Morgan fingerprint density at radius 3 is 2.67 bits per heavy atom. The highest BCUT2D eigenvalue weighted by Crippen LogP contribution is 2.33. The van der Waals surface area contributed by atoms with Crippen molar-refractivity contribution in [3.05, 3.63) is 53.2 Å². The maximum absolute atomic E-state index is 11.5. The van der Waals surface area contributed by atoms with Gasteiger partial charge >= 0.3 is 5.97 Å². The van der Waals surface area contributed by atoms with Crippen LogP contribution in [-0.4, -0.2) is 12.2 Å². The van der Waals surface area contributed by atoms with Crippen molar-refractivity contribution in [1.82, 2.24) is 0 Å². The van der Waals surface area contributed by atoms with Crippen molar-refractivity contribution in [2.45, 2.75) is 0 Å². The number of hydrogen-bond acceptors (Lipinski definition) is 3. The Morgan fingerprint density at radius 2 is 1.93 bits per heavy atom. The molecule has 0 atom stereocenters. The van der Waals surface area contributed by atoms with Crippen LogP contribution in [0.1, 0.15) is 15.9 Å². The summed E-state index contributed by atoms with van der Waals surface area (Å²) < 4.78 is 5.19. The Kier molecular flexibility index (Phi) is 1.59. The van der Waals surface area contributed by atoms with Crippen LogP contribution in [0.4, 0.5) is 0 Å². The fourth-order valence-electron chi connectivity index (χ4n) is 1.69. The molecule has 0 bridgehead atoms. The summed E-state index contributed by atoms with van der Waals surface area (Å²) >= 11 is 0. The molecule has 3 rings (SSSR count). The quantitative estimate of drug-likeness (QED) is 0.598. The van der Waals surface area contributed by atoms with Crippen molar-refractivity contribution in [3.63, 3.8) is 0 Å². The van der Waals surface area contributed by atoms with Gasteiger partial charge in [0.1, 0.15) is 5.70 Å². The molecule has 2 heterocycles. The van der Waals surface area contributed by atoms with Crippen LogP contribution in [0.5, 0.6) is 0 Å². The Morgan fingerprint density at radius 1 is 1.13 bits per heavy atom. The first kappa shape index (κ1) is 8.17. The van der Waals surface area contributed by atoms with Crippen LogP contribution >= 0.6 is 0 Å². The minimum Gasteiger partial charge on any atom is -0.420 e. The number of benzene rings is 1. The molecule has 0 radical (unpaired) electrons. The highest BCUT2D eigenvalue weighted by atomic mass is 16.5. The van der Waals surface area contributed by atoms with E-state index < -0.39 is 0 Å². The first-order valence-electron chi connectivity index (χ1n) is 4.63. The van der Waals surface area contributed by atoms with Gasteiger partial charge < -0.3 is 4.74 Å². The third-order valence-electron chi connectivity index (χ3n) is 2.37. The molecule has 0 saturated heterocycles. The Bertz CT molecular complexity index is 524. The standard InChI is InChI=1S/C12H7NO2/c14-12-9-5-2-1-4-8(9)11(15-12)10-6-3-7-13-10/h1-7H/b11-10+. The lowest BCUT2D eigenvalue weighted by atomic mass is 10.1. The maximum atomic E-state index is 11.5. The van der Waals surface area contributed by atoms with Gasteiger partial charge in [-0.15, -0.1) is 0 Å². The number of hydrogen-bond donors (Lipinski definition) is 0. The number of ether oxygens (including phenoxy) is 1. The van der Waals surface area contributed by atoms with Gasteiger partial charge in [0.25, 0.3) is 0 Å². The predicted molar refractivity (Wildman–Crippen MR) is 56.4 cm³/mol. The number of carbonyl (C=O) groups is 1. The summed E-state index contributed by atoms with van der Waals surface area (Å²) in [4.78, 5) is 15.6. The molecule has 0 unspecified atom stereocenters. The molecule has 0 saturated carbocycles. The van der Waals surface area contributed by atoms with E-state index in [-0.39, 0.29) is 5.97 Å². The van der Waals surface area contributed by atoms with Crippen LogP contribution in [0.15, 0.2) is 47.1 Å². The highest BCUT2D eigenvalue weighted by molar-refractivity contribution is 6.04. The third-order valence-corrected chi connectivity index (χ3v) is 2.37. The second kappa shape index (κ2) is 2.92. The van der Waals surface area contributed by atoms with Gasteiger partial charge in [-0.05, 0) is 18.2 Å². The van der Waals surface area contributed by atoms with Crippen molar-refractivity contribution >= 4 is 17.9 Å². The number of nitrogens with zero attached hydrogens (tertiary/aromatic N) is 1. The van der Waals surface area contributed by atoms with Gasteiger partial charge in [-0.1, -0.05) is 18.2 Å². The molecule has 3 heteroatoms. The normalized spacial score (nSPS) is 22.0. The van der Waals surface area contributed by atoms with Crippen LogP contribution in [-0.2, 0) is 4.74 Å². The van der Waals surface area contributed by atoms with Gasteiger partial charge in [-0.2, -0.15) is 0 Å². The third kappa shape index (κ3) is 1.13. The van der Waals surface area contributed by atoms with Gasteiger partial charge in [0.2, 0.25) is 0 Å². The van der Waals surface area contributed by atoms with E-state index >= 15 is 0 Å². The number of cyclic esters (lactones) is 1.